The molecule has 0 saturated carbocycles. The molecular formula is C11H12F3NOS. The summed E-state index contributed by atoms with van der Waals surface area (Å²) in [6.45, 7) is -0.382. The Hall–Kier alpha value is -1.17. The number of carbonyl (C=O) groups is 1. The molecule has 0 fully saturated rings. The summed E-state index contributed by atoms with van der Waals surface area (Å²) in [7, 11) is 0. The lowest BCUT2D eigenvalue weighted by molar-refractivity contribution is -0.135. The van der Waals surface area contributed by atoms with Gasteiger partial charge in [-0.1, -0.05) is 12.1 Å². The summed E-state index contributed by atoms with van der Waals surface area (Å²) in [6.07, 6.45) is -5.17. The molecular weight excluding hydrogens is 251 g/mol. The first kappa shape index (κ1) is 13.9. The van der Waals surface area contributed by atoms with Crippen molar-refractivity contribution in [2.24, 2.45) is 0 Å². The second-order valence-electron chi connectivity index (χ2n) is 3.56. The smallest absolute Gasteiger partial charge is 0.355 e. The van der Waals surface area contributed by atoms with Gasteiger partial charge in [-0.15, -0.1) is 12.6 Å². The van der Waals surface area contributed by atoms with Crippen molar-refractivity contribution in [1.29, 1.82) is 0 Å². The van der Waals surface area contributed by atoms with Crippen LogP contribution in [0.25, 0.3) is 0 Å². The largest absolute Gasteiger partial charge is 0.390 e. The molecule has 94 valence electrons. The fourth-order valence-corrected chi connectivity index (χ4v) is 1.35. The van der Waals surface area contributed by atoms with Gasteiger partial charge in [0, 0.05) is 11.4 Å². The molecule has 0 saturated heterocycles. The fourth-order valence-electron chi connectivity index (χ4n) is 1.21. The number of rotatable bonds is 4. The first-order chi connectivity index (χ1) is 7.87. The van der Waals surface area contributed by atoms with Crippen molar-refractivity contribution in [3.05, 3.63) is 29.8 Å². The minimum absolute atomic E-state index is 0.0753. The van der Waals surface area contributed by atoms with E-state index in [2.05, 4.69) is 17.9 Å². The number of alkyl halides is 3. The van der Waals surface area contributed by atoms with Gasteiger partial charge in [-0.3, -0.25) is 4.79 Å². The maximum atomic E-state index is 11.8. The number of thiol groups is 1. The summed E-state index contributed by atoms with van der Waals surface area (Å²) in [5.41, 5.74) is 0.743. The van der Waals surface area contributed by atoms with Crippen molar-refractivity contribution in [2.45, 2.75) is 23.9 Å². The molecule has 0 spiro atoms. The number of hydrogen-bond acceptors (Lipinski definition) is 2. The molecule has 1 aromatic rings. The van der Waals surface area contributed by atoms with Gasteiger partial charge in [0.2, 0.25) is 5.91 Å². The van der Waals surface area contributed by atoms with Gasteiger partial charge in [0.25, 0.3) is 0 Å². The molecule has 0 heterocycles. The number of amides is 1. The Kier molecular flexibility index (Phi) is 4.86. The van der Waals surface area contributed by atoms with Gasteiger partial charge in [-0.05, 0) is 17.7 Å². The number of hydrogen-bond donors (Lipinski definition) is 2. The minimum atomic E-state index is -4.24. The quantitative estimate of drug-likeness (QED) is 0.803. The van der Waals surface area contributed by atoms with E-state index in [4.69, 9.17) is 0 Å². The topological polar surface area (TPSA) is 29.1 Å². The van der Waals surface area contributed by atoms with E-state index in [0.717, 1.165) is 10.5 Å². The third-order valence-electron chi connectivity index (χ3n) is 2.03. The van der Waals surface area contributed by atoms with Crippen molar-refractivity contribution in [1.82, 2.24) is 5.32 Å². The zero-order valence-electron chi connectivity index (χ0n) is 8.92. The van der Waals surface area contributed by atoms with Crippen molar-refractivity contribution in [3.63, 3.8) is 0 Å². The van der Waals surface area contributed by atoms with Gasteiger partial charge in [-0.2, -0.15) is 13.2 Å². The van der Waals surface area contributed by atoms with Crippen LogP contribution in [-0.2, 0) is 11.2 Å². The zero-order chi connectivity index (χ0) is 12.9. The van der Waals surface area contributed by atoms with Crippen LogP contribution in [0.3, 0.4) is 0 Å². The molecule has 0 atom stereocenters. The van der Waals surface area contributed by atoms with E-state index < -0.39 is 18.5 Å². The Balaban J connectivity index is 2.32. The Morgan fingerprint density at radius 3 is 2.35 bits per heavy atom. The van der Waals surface area contributed by atoms with Gasteiger partial charge in [0.1, 0.15) is 0 Å². The zero-order valence-corrected chi connectivity index (χ0v) is 9.81. The SMILES string of the molecule is O=C(Cc1ccc(S)cc1)NCCC(F)(F)F. The molecule has 1 N–H and O–H groups in total. The molecule has 0 aliphatic carbocycles. The van der Waals surface area contributed by atoms with Crippen molar-refractivity contribution >= 4 is 18.5 Å². The first-order valence-corrected chi connectivity index (χ1v) is 5.43. The average molecular weight is 263 g/mol. The van der Waals surface area contributed by atoms with Crippen LogP contribution in [0, 0.1) is 0 Å². The van der Waals surface area contributed by atoms with E-state index in [9.17, 15) is 18.0 Å². The number of carbonyl (C=O) groups excluding carboxylic acids is 1. The maximum absolute atomic E-state index is 11.8. The number of halogens is 3. The van der Waals surface area contributed by atoms with Crippen LogP contribution >= 0.6 is 12.6 Å². The van der Waals surface area contributed by atoms with Crippen molar-refractivity contribution in [2.75, 3.05) is 6.54 Å². The molecule has 2 nitrogen and oxygen atoms in total. The summed E-state index contributed by atoms with van der Waals surface area (Å²) in [6, 6.07) is 6.88. The average Bonchev–Trinajstić information content (AvgIpc) is 2.19. The van der Waals surface area contributed by atoms with Crippen molar-refractivity contribution in [3.8, 4) is 0 Å². The molecule has 0 bridgehead atoms. The molecule has 17 heavy (non-hydrogen) atoms. The molecule has 0 unspecified atom stereocenters. The van der Waals surface area contributed by atoms with Gasteiger partial charge < -0.3 is 5.32 Å². The molecule has 0 aliphatic heterocycles. The highest BCUT2D eigenvalue weighted by Crippen LogP contribution is 2.18. The summed E-state index contributed by atoms with van der Waals surface area (Å²) < 4.78 is 35.5. The molecule has 0 aromatic heterocycles. The van der Waals surface area contributed by atoms with Gasteiger partial charge in [-0.25, -0.2) is 0 Å². The number of nitrogens with one attached hydrogen (secondary N) is 1. The summed E-state index contributed by atoms with van der Waals surface area (Å²) >= 11 is 4.08. The lowest BCUT2D eigenvalue weighted by atomic mass is 10.1. The fraction of sp³-hybridized carbons (Fsp3) is 0.364. The highest BCUT2D eigenvalue weighted by Gasteiger charge is 2.26. The Labute approximate surface area is 103 Å². The second-order valence-corrected chi connectivity index (χ2v) is 4.07. The summed E-state index contributed by atoms with van der Waals surface area (Å²) in [4.78, 5) is 12.1. The van der Waals surface area contributed by atoms with Crippen molar-refractivity contribution < 1.29 is 18.0 Å². The molecule has 0 radical (unpaired) electrons. The van der Waals surface area contributed by atoms with Crippen LogP contribution in [-0.4, -0.2) is 18.6 Å². The van der Waals surface area contributed by atoms with Crippen LogP contribution in [0.15, 0.2) is 29.2 Å². The van der Waals surface area contributed by atoms with Gasteiger partial charge in [0.05, 0.1) is 12.8 Å². The van der Waals surface area contributed by atoms with E-state index in [-0.39, 0.29) is 13.0 Å². The van der Waals surface area contributed by atoms with E-state index in [0.29, 0.717) is 0 Å². The van der Waals surface area contributed by atoms with Gasteiger partial charge in [0.15, 0.2) is 0 Å². The normalized spacial score (nSPS) is 11.3. The van der Waals surface area contributed by atoms with Crippen LogP contribution in [0.4, 0.5) is 13.2 Å². The summed E-state index contributed by atoms with van der Waals surface area (Å²) in [5, 5.41) is 2.22. The second kappa shape index (κ2) is 5.95. The third kappa shape index (κ3) is 6.21. The van der Waals surface area contributed by atoms with Crippen LogP contribution in [0.5, 0.6) is 0 Å². The molecule has 1 amide bonds. The Bertz CT molecular complexity index is 375. The molecule has 1 rings (SSSR count). The minimum Gasteiger partial charge on any atom is -0.355 e. The standard InChI is InChI=1S/C11H12F3NOS/c12-11(13,14)5-6-15-10(16)7-8-1-3-9(17)4-2-8/h1-4,17H,5-7H2,(H,15,16). The highest BCUT2D eigenvalue weighted by atomic mass is 32.1. The maximum Gasteiger partial charge on any atom is 0.390 e. The predicted molar refractivity (Wildman–Crippen MR) is 61.1 cm³/mol. The van der Waals surface area contributed by atoms with E-state index in [1.54, 1.807) is 24.3 Å². The lowest BCUT2D eigenvalue weighted by Crippen LogP contribution is -2.29. The molecule has 1 aromatic carbocycles. The third-order valence-corrected chi connectivity index (χ3v) is 2.33. The van der Waals surface area contributed by atoms with E-state index in [1.165, 1.54) is 0 Å². The van der Waals surface area contributed by atoms with Crippen LogP contribution in [0.2, 0.25) is 0 Å². The lowest BCUT2D eigenvalue weighted by Gasteiger charge is -2.07. The molecule has 6 heteroatoms. The van der Waals surface area contributed by atoms with E-state index in [1.807, 2.05) is 0 Å². The Morgan fingerprint density at radius 2 is 1.82 bits per heavy atom. The van der Waals surface area contributed by atoms with Gasteiger partial charge >= 0.3 is 6.18 Å². The van der Waals surface area contributed by atoms with Crippen LogP contribution < -0.4 is 5.32 Å². The highest BCUT2D eigenvalue weighted by molar-refractivity contribution is 7.80. The van der Waals surface area contributed by atoms with E-state index >= 15 is 0 Å². The predicted octanol–water partition coefficient (Wildman–Crippen LogP) is 2.59. The summed E-state index contributed by atoms with van der Waals surface area (Å²) in [5.74, 6) is -0.416. The number of benzene rings is 1. The van der Waals surface area contributed by atoms with Crippen LogP contribution in [0.1, 0.15) is 12.0 Å². The molecule has 0 aliphatic rings. The first-order valence-electron chi connectivity index (χ1n) is 4.98. The monoisotopic (exact) mass is 263 g/mol. The Morgan fingerprint density at radius 1 is 1.24 bits per heavy atom.